The van der Waals surface area contributed by atoms with E-state index >= 15 is 0 Å². The van der Waals surface area contributed by atoms with Gasteiger partial charge in [-0.25, -0.2) is 0 Å². The molecular weight excluding hydrogens is 480 g/mol. The predicted molar refractivity (Wildman–Crippen MR) is 143 cm³/mol. The van der Waals surface area contributed by atoms with Gasteiger partial charge in [-0.05, 0) is 12.8 Å². The van der Waals surface area contributed by atoms with Gasteiger partial charge in [0.15, 0.2) is 0 Å². The smallest absolute Gasteiger partial charge is 0.305 e. The van der Waals surface area contributed by atoms with Crippen LogP contribution in [0.4, 0.5) is 0 Å². The van der Waals surface area contributed by atoms with Crippen LogP contribution in [-0.4, -0.2) is 91.2 Å². The number of rotatable bonds is 30. The van der Waals surface area contributed by atoms with Crippen molar-refractivity contribution in [2.24, 2.45) is 0 Å². The molecule has 0 spiro atoms. The van der Waals surface area contributed by atoms with E-state index in [9.17, 15) is 9.59 Å². The number of esters is 2. The summed E-state index contributed by atoms with van der Waals surface area (Å²) in [5.74, 6) is -0.299. The molecular formula is C28H54O9. The van der Waals surface area contributed by atoms with Crippen molar-refractivity contribution in [3.8, 4) is 0 Å². The molecule has 0 aromatic carbocycles. The first-order valence-corrected chi connectivity index (χ1v) is 14.4. The first-order valence-electron chi connectivity index (χ1n) is 14.4. The SMILES string of the molecule is CCCCCCCCCC(=O)OCCOCCOCCOCCOCCOCCOC(=O)CCCCC. The highest BCUT2D eigenvalue weighted by Gasteiger charge is 2.03. The largest absolute Gasteiger partial charge is 0.463 e. The number of unbranched alkanes of at least 4 members (excludes halogenated alkanes) is 8. The van der Waals surface area contributed by atoms with Crippen LogP contribution >= 0.6 is 0 Å². The van der Waals surface area contributed by atoms with E-state index in [-0.39, 0.29) is 25.2 Å². The molecule has 0 saturated heterocycles. The van der Waals surface area contributed by atoms with Gasteiger partial charge in [-0.3, -0.25) is 9.59 Å². The molecule has 0 unspecified atom stereocenters. The lowest BCUT2D eigenvalue weighted by molar-refractivity contribution is -0.146. The van der Waals surface area contributed by atoms with Crippen LogP contribution in [0.1, 0.15) is 90.9 Å². The van der Waals surface area contributed by atoms with Crippen molar-refractivity contribution >= 4 is 11.9 Å². The summed E-state index contributed by atoms with van der Waals surface area (Å²) in [6.45, 7) is 9.43. The van der Waals surface area contributed by atoms with E-state index in [2.05, 4.69) is 13.8 Å². The third-order valence-corrected chi connectivity index (χ3v) is 5.44. The van der Waals surface area contributed by atoms with Crippen LogP contribution < -0.4 is 0 Å². The third-order valence-electron chi connectivity index (χ3n) is 5.44. The Kier molecular flexibility index (Phi) is 29.9. The second-order valence-electron chi connectivity index (χ2n) is 8.83. The zero-order valence-electron chi connectivity index (χ0n) is 23.6. The van der Waals surface area contributed by atoms with Gasteiger partial charge in [-0.2, -0.15) is 0 Å². The van der Waals surface area contributed by atoms with Crippen molar-refractivity contribution in [1.29, 1.82) is 0 Å². The minimum absolute atomic E-state index is 0.141. The molecule has 0 amide bonds. The summed E-state index contributed by atoms with van der Waals surface area (Å²) in [5, 5.41) is 0. The fraction of sp³-hybridized carbons (Fsp3) is 0.929. The molecule has 0 N–H and O–H groups in total. The number of hydrogen-bond donors (Lipinski definition) is 0. The number of carbonyl (C=O) groups excluding carboxylic acids is 2. The molecule has 0 radical (unpaired) electrons. The fourth-order valence-corrected chi connectivity index (χ4v) is 3.30. The Morgan fingerprint density at radius 1 is 0.378 bits per heavy atom. The molecule has 0 aliphatic heterocycles. The average molecular weight is 535 g/mol. The number of ether oxygens (including phenoxy) is 7. The van der Waals surface area contributed by atoms with Gasteiger partial charge in [0.2, 0.25) is 0 Å². The molecule has 0 aliphatic carbocycles. The van der Waals surface area contributed by atoms with E-state index in [0.717, 1.165) is 32.1 Å². The first-order chi connectivity index (χ1) is 18.2. The summed E-state index contributed by atoms with van der Waals surface area (Å²) in [7, 11) is 0. The van der Waals surface area contributed by atoms with Gasteiger partial charge >= 0.3 is 11.9 Å². The molecule has 0 heterocycles. The summed E-state index contributed by atoms with van der Waals surface area (Å²) >= 11 is 0. The number of hydrogen-bond acceptors (Lipinski definition) is 9. The van der Waals surface area contributed by atoms with E-state index in [1.807, 2.05) is 0 Å². The molecule has 37 heavy (non-hydrogen) atoms. The molecule has 0 rings (SSSR count). The lowest BCUT2D eigenvalue weighted by atomic mass is 10.1. The molecule has 0 atom stereocenters. The molecule has 0 fully saturated rings. The maximum absolute atomic E-state index is 11.7. The second-order valence-corrected chi connectivity index (χ2v) is 8.83. The topological polar surface area (TPSA) is 98.8 Å². The molecule has 220 valence electrons. The van der Waals surface area contributed by atoms with Crippen molar-refractivity contribution in [3.63, 3.8) is 0 Å². The van der Waals surface area contributed by atoms with Gasteiger partial charge in [0.05, 0.1) is 66.1 Å². The molecule has 9 heteroatoms. The van der Waals surface area contributed by atoms with Crippen LogP contribution in [0.15, 0.2) is 0 Å². The van der Waals surface area contributed by atoms with E-state index in [0.29, 0.717) is 78.9 Å². The Bertz CT molecular complexity index is 488. The van der Waals surface area contributed by atoms with Crippen LogP contribution in [0.25, 0.3) is 0 Å². The van der Waals surface area contributed by atoms with Crippen LogP contribution in [0.2, 0.25) is 0 Å². The van der Waals surface area contributed by atoms with Crippen molar-refractivity contribution in [2.75, 3.05) is 79.3 Å². The van der Waals surface area contributed by atoms with Crippen molar-refractivity contribution < 1.29 is 42.7 Å². The van der Waals surface area contributed by atoms with E-state index in [4.69, 9.17) is 33.2 Å². The minimum Gasteiger partial charge on any atom is -0.463 e. The third kappa shape index (κ3) is 30.9. The maximum Gasteiger partial charge on any atom is 0.305 e. The summed E-state index contributed by atoms with van der Waals surface area (Å²) < 4.78 is 37.3. The van der Waals surface area contributed by atoms with Crippen LogP contribution in [0.3, 0.4) is 0 Å². The molecule has 0 aromatic rings. The van der Waals surface area contributed by atoms with E-state index in [1.54, 1.807) is 0 Å². The Morgan fingerprint density at radius 2 is 0.649 bits per heavy atom. The average Bonchev–Trinajstić information content (AvgIpc) is 2.89. The van der Waals surface area contributed by atoms with Gasteiger partial charge in [-0.15, -0.1) is 0 Å². The van der Waals surface area contributed by atoms with Gasteiger partial charge < -0.3 is 33.2 Å². The summed E-state index contributed by atoms with van der Waals surface area (Å²) in [6.07, 6.45) is 12.3. The summed E-state index contributed by atoms with van der Waals surface area (Å²) in [4.78, 5) is 23.1. The lowest BCUT2D eigenvalue weighted by Crippen LogP contribution is -2.15. The fourth-order valence-electron chi connectivity index (χ4n) is 3.30. The van der Waals surface area contributed by atoms with E-state index in [1.165, 1.54) is 32.1 Å². The second kappa shape index (κ2) is 31.0. The quantitative estimate of drug-likeness (QED) is 0.0943. The van der Waals surface area contributed by atoms with Gasteiger partial charge in [0, 0.05) is 12.8 Å². The van der Waals surface area contributed by atoms with Crippen LogP contribution in [0, 0.1) is 0 Å². The highest BCUT2D eigenvalue weighted by Crippen LogP contribution is 2.08. The Morgan fingerprint density at radius 3 is 1.03 bits per heavy atom. The Balaban J connectivity index is 3.15. The Labute approximate surface area is 225 Å². The van der Waals surface area contributed by atoms with Gasteiger partial charge in [-0.1, -0.05) is 65.2 Å². The highest BCUT2D eigenvalue weighted by atomic mass is 16.6. The molecule has 0 aromatic heterocycles. The summed E-state index contributed by atoms with van der Waals surface area (Å²) in [6, 6.07) is 0. The Hall–Kier alpha value is -1.26. The minimum atomic E-state index is -0.158. The standard InChI is InChI=1S/C28H54O9/c1-3-5-7-8-9-10-12-14-28(30)37-26-24-35-22-20-33-18-16-31-15-17-32-19-21-34-23-25-36-27(29)13-11-6-4-2/h3-26H2,1-2H3. The van der Waals surface area contributed by atoms with Crippen molar-refractivity contribution in [2.45, 2.75) is 90.9 Å². The van der Waals surface area contributed by atoms with Crippen LogP contribution in [0.5, 0.6) is 0 Å². The predicted octanol–water partition coefficient (Wildman–Crippen LogP) is 4.88. The van der Waals surface area contributed by atoms with Crippen molar-refractivity contribution in [3.05, 3.63) is 0 Å². The van der Waals surface area contributed by atoms with Crippen LogP contribution in [-0.2, 0) is 42.7 Å². The van der Waals surface area contributed by atoms with Gasteiger partial charge in [0.25, 0.3) is 0 Å². The lowest BCUT2D eigenvalue weighted by Gasteiger charge is -2.08. The molecule has 9 nitrogen and oxygen atoms in total. The normalized spacial score (nSPS) is 11.1. The van der Waals surface area contributed by atoms with E-state index < -0.39 is 0 Å². The molecule has 0 aliphatic rings. The zero-order chi connectivity index (χ0) is 27.1. The zero-order valence-corrected chi connectivity index (χ0v) is 23.6. The molecule has 0 bridgehead atoms. The maximum atomic E-state index is 11.7. The molecule has 0 saturated carbocycles. The summed E-state index contributed by atoms with van der Waals surface area (Å²) in [5.41, 5.74) is 0. The van der Waals surface area contributed by atoms with Crippen molar-refractivity contribution in [1.82, 2.24) is 0 Å². The monoisotopic (exact) mass is 534 g/mol. The first kappa shape index (κ1) is 35.7. The number of carbonyl (C=O) groups is 2. The highest BCUT2D eigenvalue weighted by molar-refractivity contribution is 5.69. The van der Waals surface area contributed by atoms with Gasteiger partial charge in [0.1, 0.15) is 13.2 Å².